The van der Waals surface area contributed by atoms with Crippen LogP contribution in [0.5, 0.6) is 0 Å². The Balaban J connectivity index is 3.39. The lowest BCUT2D eigenvalue weighted by atomic mass is 9.96. The van der Waals surface area contributed by atoms with Gasteiger partial charge < -0.3 is 5.32 Å². The van der Waals surface area contributed by atoms with Crippen molar-refractivity contribution >= 4 is 0 Å². The standard InChI is InChI=1S/C13H27N/c1-5-7-8-9-10-11-13(3,4)14-12-6-2/h6,14H,2,5,7-12H2,1,3-4H3. The van der Waals surface area contributed by atoms with E-state index in [2.05, 4.69) is 32.7 Å². The SMILES string of the molecule is C=CCNC(C)(C)CCCCCCC. The number of rotatable bonds is 9. The Labute approximate surface area is 90.0 Å². The Morgan fingerprint density at radius 3 is 2.36 bits per heavy atom. The highest BCUT2D eigenvalue weighted by Gasteiger charge is 2.14. The summed E-state index contributed by atoms with van der Waals surface area (Å²) in [7, 11) is 0. The van der Waals surface area contributed by atoms with Gasteiger partial charge in [0.2, 0.25) is 0 Å². The first kappa shape index (κ1) is 13.7. The second kappa shape index (κ2) is 8.05. The van der Waals surface area contributed by atoms with Crippen LogP contribution in [0.15, 0.2) is 12.7 Å². The molecule has 0 aliphatic rings. The highest BCUT2D eigenvalue weighted by Crippen LogP contribution is 2.14. The van der Waals surface area contributed by atoms with E-state index in [1.165, 1.54) is 38.5 Å². The highest BCUT2D eigenvalue weighted by molar-refractivity contribution is 4.81. The van der Waals surface area contributed by atoms with Crippen LogP contribution in [0.25, 0.3) is 0 Å². The first-order valence-corrected chi connectivity index (χ1v) is 5.98. The Hall–Kier alpha value is -0.300. The molecule has 0 saturated carbocycles. The predicted octanol–water partition coefficient (Wildman–Crippen LogP) is 3.90. The maximum atomic E-state index is 3.72. The Morgan fingerprint density at radius 2 is 1.79 bits per heavy atom. The fraction of sp³-hybridized carbons (Fsp3) is 0.846. The summed E-state index contributed by atoms with van der Waals surface area (Å²) in [5, 5.41) is 3.48. The first-order chi connectivity index (χ1) is 6.62. The molecule has 0 unspecified atom stereocenters. The van der Waals surface area contributed by atoms with Crippen molar-refractivity contribution in [3.05, 3.63) is 12.7 Å². The van der Waals surface area contributed by atoms with Crippen molar-refractivity contribution in [2.24, 2.45) is 0 Å². The minimum Gasteiger partial charge on any atom is -0.308 e. The number of hydrogen-bond acceptors (Lipinski definition) is 1. The lowest BCUT2D eigenvalue weighted by Gasteiger charge is -2.25. The summed E-state index contributed by atoms with van der Waals surface area (Å²) < 4.78 is 0. The summed E-state index contributed by atoms with van der Waals surface area (Å²) >= 11 is 0. The van der Waals surface area contributed by atoms with Gasteiger partial charge in [0.15, 0.2) is 0 Å². The summed E-state index contributed by atoms with van der Waals surface area (Å²) in [5.41, 5.74) is 0.278. The van der Waals surface area contributed by atoms with Crippen LogP contribution < -0.4 is 5.32 Å². The molecular weight excluding hydrogens is 170 g/mol. The van der Waals surface area contributed by atoms with Gasteiger partial charge in [0.1, 0.15) is 0 Å². The molecule has 0 amide bonds. The smallest absolute Gasteiger partial charge is 0.0137 e. The predicted molar refractivity (Wildman–Crippen MR) is 65.7 cm³/mol. The molecular formula is C13H27N. The van der Waals surface area contributed by atoms with Gasteiger partial charge in [-0.2, -0.15) is 0 Å². The van der Waals surface area contributed by atoms with Crippen molar-refractivity contribution < 1.29 is 0 Å². The largest absolute Gasteiger partial charge is 0.308 e. The van der Waals surface area contributed by atoms with Gasteiger partial charge in [-0.25, -0.2) is 0 Å². The topological polar surface area (TPSA) is 12.0 Å². The van der Waals surface area contributed by atoms with Crippen LogP contribution in [-0.2, 0) is 0 Å². The molecule has 0 aromatic heterocycles. The van der Waals surface area contributed by atoms with Crippen LogP contribution in [0.2, 0.25) is 0 Å². The van der Waals surface area contributed by atoms with Crippen molar-refractivity contribution in [3.8, 4) is 0 Å². The third kappa shape index (κ3) is 8.31. The maximum Gasteiger partial charge on any atom is 0.0137 e. The Kier molecular flexibility index (Phi) is 7.87. The number of nitrogens with one attached hydrogen (secondary N) is 1. The molecule has 0 bridgehead atoms. The molecule has 0 heterocycles. The second-order valence-electron chi connectivity index (χ2n) is 4.72. The van der Waals surface area contributed by atoms with E-state index in [1.807, 2.05) is 6.08 Å². The molecule has 14 heavy (non-hydrogen) atoms. The first-order valence-electron chi connectivity index (χ1n) is 5.98. The van der Waals surface area contributed by atoms with Crippen molar-refractivity contribution in [1.29, 1.82) is 0 Å². The molecule has 0 rings (SSSR count). The molecule has 0 spiro atoms. The van der Waals surface area contributed by atoms with Crippen molar-refractivity contribution in [3.63, 3.8) is 0 Å². The molecule has 0 aromatic carbocycles. The Morgan fingerprint density at radius 1 is 1.14 bits per heavy atom. The van der Waals surface area contributed by atoms with Crippen LogP contribution in [0.1, 0.15) is 59.3 Å². The summed E-state index contributed by atoms with van der Waals surface area (Å²) in [5.74, 6) is 0. The summed E-state index contributed by atoms with van der Waals surface area (Å²) in [6, 6.07) is 0. The maximum absolute atomic E-state index is 3.72. The molecule has 0 aliphatic carbocycles. The molecule has 1 nitrogen and oxygen atoms in total. The van der Waals surface area contributed by atoms with E-state index in [0.717, 1.165) is 6.54 Å². The van der Waals surface area contributed by atoms with E-state index in [1.54, 1.807) is 0 Å². The van der Waals surface area contributed by atoms with Gasteiger partial charge in [-0.05, 0) is 20.3 Å². The summed E-state index contributed by atoms with van der Waals surface area (Å²) in [6.07, 6.45) is 10.0. The summed E-state index contributed by atoms with van der Waals surface area (Å²) in [4.78, 5) is 0. The van der Waals surface area contributed by atoms with Crippen LogP contribution in [0, 0.1) is 0 Å². The summed E-state index contributed by atoms with van der Waals surface area (Å²) in [6.45, 7) is 11.4. The van der Waals surface area contributed by atoms with Gasteiger partial charge in [-0.1, -0.05) is 45.1 Å². The monoisotopic (exact) mass is 197 g/mol. The van der Waals surface area contributed by atoms with Crippen LogP contribution in [-0.4, -0.2) is 12.1 Å². The third-order valence-electron chi connectivity index (χ3n) is 2.63. The molecule has 84 valence electrons. The fourth-order valence-electron chi connectivity index (χ4n) is 1.61. The Bertz CT molecular complexity index is 138. The average molecular weight is 197 g/mol. The number of hydrogen-bond donors (Lipinski definition) is 1. The normalized spacial score (nSPS) is 11.6. The van der Waals surface area contributed by atoms with Gasteiger partial charge in [0.05, 0.1) is 0 Å². The van der Waals surface area contributed by atoms with Crippen molar-refractivity contribution in [2.75, 3.05) is 6.54 Å². The zero-order valence-electron chi connectivity index (χ0n) is 10.2. The molecule has 0 fully saturated rings. The van der Waals surface area contributed by atoms with E-state index in [9.17, 15) is 0 Å². The van der Waals surface area contributed by atoms with Gasteiger partial charge in [0.25, 0.3) is 0 Å². The minimum absolute atomic E-state index is 0.278. The van der Waals surface area contributed by atoms with Gasteiger partial charge in [0, 0.05) is 12.1 Å². The molecule has 0 aliphatic heterocycles. The van der Waals surface area contributed by atoms with E-state index in [-0.39, 0.29) is 5.54 Å². The zero-order valence-corrected chi connectivity index (χ0v) is 10.2. The molecule has 0 atom stereocenters. The van der Waals surface area contributed by atoms with E-state index < -0.39 is 0 Å². The lowest BCUT2D eigenvalue weighted by molar-refractivity contribution is 0.361. The quantitative estimate of drug-likeness (QED) is 0.436. The van der Waals surface area contributed by atoms with Gasteiger partial charge in [-0.3, -0.25) is 0 Å². The van der Waals surface area contributed by atoms with Gasteiger partial charge in [-0.15, -0.1) is 6.58 Å². The lowest BCUT2D eigenvalue weighted by Crippen LogP contribution is -2.39. The van der Waals surface area contributed by atoms with E-state index in [4.69, 9.17) is 0 Å². The van der Waals surface area contributed by atoms with Gasteiger partial charge >= 0.3 is 0 Å². The van der Waals surface area contributed by atoms with E-state index >= 15 is 0 Å². The van der Waals surface area contributed by atoms with Crippen LogP contribution >= 0.6 is 0 Å². The molecule has 0 radical (unpaired) electrons. The zero-order chi connectivity index (χ0) is 10.9. The third-order valence-corrected chi connectivity index (χ3v) is 2.63. The van der Waals surface area contributed by atoms with Crippen molar-refractivity contribution in [1.82, 2.24) is 5.32 Å². The molecule has 0 saturated heterocycles. The number of unbranched alkanes of at least 4 members (excludes halogenated alkanes) is 4. The second-order valence-corrected chi connectivity index (χ2v) is 4.72. The van der Waals surface area contributed by atoms with Crippen LogP contribution in [0.3, 0.4) is 0 Å². The highest BCUT2D eigenvalue weighted by atomic mass is 14.9. The minimum atomic E-state index is 0.278. The molecule has 0 aromatic rings. The average Bonchev–Trinajstić information content (AvgIpc) is 2.15. The molecule has 1 heteroatoms. The van der Waals surface area contributed by atoms with Crippen LogP contribution in [0.4, 0.5) is 0 Å². The van der Waals surface area contributed by atoms with E-state index in [0.29, 0.717) is 0 Å². The molecule has 1 N–H and O–H groups in total. The fourth-order valence-corrected chi connectivity index (χ4v) is 1.61. The van der Waals surface area contributed by atoms with Crippen molar-refractivity contribution in [2.45, 2.75) is 64.8 Å².